The third kappa shape index (κ3) is 3.01. The van der Waals surface area contributed by atoms with Crippen molar-refractivity contribution >= 4 is 17.3 Å². The van der Waals surface area contributed by atoms with Crippen LogP contribution in [-0.2, 0) is 0 Å². The number of likely N-dealkylation sites (N-methyl/N-ethyl adjacent to an activating group) is 1. The number of rotatable bonds is 5. The molecule has 1 saturated heterocycles. The maximum Gasteiger partial charge on any atom is 0.152 e. The molecular formula is C12H18ClN3O. The van der Waals surface area contributed by atoms with E-state index in [2.05, 4.69) is 22.2 Å². The topological polar surface area (TPSA) is 37.4 Å². The minimum absolute atomic E-state index is 0.486. The molecule has 1 aliphatic heterocycles. The van der Waals surface area contributed by atoms with E-state index in [1.807, 2.05) is 13.0 Å². The first kappa shape index (κ1) is 12.5. The fraction of sp³-hybridized carbons (Fsp3) is 0.583. The van der Waals surface area contributed by atoms with Gasteiger partial charge in [0.25, 0.3) is 0 Å². The molecule has 0 radical (unpaired) electrons. The monoisotopic (exact) mass is 255 g/mol. The average Bonchev–Trinajstić information content (AvgIpc) is 2.32. The van der Waals surface area contributed by atoms with Gasteiger partial charge in [-0.25, -0.2) is 4.98 Å². The highest BCUT2D eigenvalue weighted by Crippen LogP contribution is 2.24. The molecule has 1 aliphatic rings. The number of halogens is 1. The van der Waals surface area contributed by atoms with Gasteiger partial charge in [0.2, 0.25) is 0 Å². The second kappa shape index (κ2) is 5.56. The summed E-state index contributed by atoms with van der Waals surface area (Å²) in [5, 5.41) is 3.64. The van der Waals surface area contributed by atoms with Crippen molar-refractivity contribution in [3.63, 3.8) is 0 Å². The largest absolute Gasteiger partial charge is 0.490 e. The lowest BCUT2D eigenvalue weighted by atomic mass is 10.1. The molecule has 1 aromatic heterocycles. The lowest BCUT2D eigenvalue weighted by Crippen LogP contribution is -2.48. The van der Waals surface area contributed by atoms with Crippen molar-refractivity contribution in [2.75, 3.05) is 32.1 Å². The summed E-state index contributed by atoms with van der Waals surface area (Å²) in [6, 6.07) is 2.44. The van der Waals surface area contributed by atoms with Crippen LogP contribution in [0.1, 0.15) is 13.3 Å². The van der Waals surface area contributed by atoms with Gasteiger partial charge in [0.05, 0.1) is 11.9 Å². The second-order valence-electron chi connectivity index (χ2n) is 4.27. The second-order valence-corrected chi connectivity index (χ2v) is 4.63. The summed E-state index contributed by atoms with van der Waals surface area (Å²) in [5.41, 5.74) is 0.827. The normalized spacial score (nSPS) is 19.8. The van der Waals surface area contributed by atoms with Crippen LogP contribution in [-0.4, -0.2) is 42.7 Å². The summed E-state index contributed by atoms with van der Waals surface area (Å²) in [7, 11) is 2.11. The predicted molar refractivity (Wildman–Crippen MR) is 69.9 cm³/mol. The summed E-state index contributed by atoms with van der Waals surface area (Å²) < 4.78 is 5.72. The average molecular weight is 256 g/mol. The predicted octanol–water partition coefficient (Wildman–Crippen LogP) is 2.25. The standard InChI is InChI=1S/C12H18ClN3O/c1-3-14-11-6-10(7-15-12(11)13)17-8-9-4-5-16(9)2/h6-7,9,14H,3-5,8H2,1-2H3/t9-/m0/s1. The Labute approximate surface area is 107 Å². The summed E-state index contributed by atoms with van der Waals surface area (Å²) in [6.07, 6.45) is 2.87. The van der Waals surface area contributed by atoms with E-state index in [4.69, 9.17) is 16.3 Å². The van der Waals surface area contributed by atoms with Crippen molar-refractivity contribution in [3.05, 3.63) is 17.4 Å². The quantitative estimate of drug-likeness (QED) is 0.819. The van der Waals surface area contributed by atoms with Gasteiger partial charge in [-0.1, -0.05) is 11.6 Å². The van der Waals surface area contributed by atoms with Crippen LogP contribution in [0.25, 0.3) is 0 Å². The van der Waals surface area contributed by atoms with Gasteiger partial charge in [-0.2, -0.15) is 0 Å². The van der Waals surface area contributed by atoms with Crippen molar-refractivity contribution in [2.45, 2.75) is 19.4 Å². The van der Waals surface area contributed by atoms with Crippen molar-refractivity contribution in [1.82, 2.24) is 9.88 Å². The molecule has 94 valence electrons. The van der Waals surface area contributed by atoms with E-state index in [1.54, 1.807) is 6.20 Å². The summed E-state index contributed by atoms with van der Waals surface area (Å²) in [5.74, 6) is 0.769. The fourth-order valence-corrected chi connectivity index (χ4v) is 1.97. The number of hydrogen-bond donors (Lipinski definition) is 1. The third-order valence-corrected chi connectivity index (χ3v) is 3.36. The van der Waals surface area contributed by atoms with Crippen molar-refractivity contribution in [1.29, 1.82) is 0 Å². The number of hydrogen-bond acceptors (Lipinski definition) is 4. The molecule has 5 heteroatoms. The lowest BCUT2D eigenvalue weighted by Gasteiger charge is -2.37. The lowest BCUT2D eigenvalue weighted by molar-refractivity contribution is 0.0768. The Balaban J connectivity index is 1.93. The molecule has 2 heterocycles. The van der Waals surface area contributed by atoms with Gasteiger partial charge >= 0.3 is 0 Å². The first-order chi connectivity index (χ1) is 8.20. The molecule has 0 amide bonds. The minimum Gasteiger partial charge on any atom is -0.490 e. The fourth-order valence-electron chi connectivity index (χ4n) is 1.80. The first-order valence-corrected chi connectivity index (χ1v) is 6.31. The molecule has 2 rings (SSSR count). The van der Waals surface area contributed by atoms with Gasteiger partial charge in [0.15, 0.2) is 5.15 Å². The Hall–Kier alpha value is -1.00. The van der Waals surface area contributed by atoms with Crippen LogP contribution in [0.2, 0.25) is 5.15 Å². The molecule has 1 atom stereocenters. The van der Waals surface area contributed by atoms with Crippen LogP contribution in [0.3, 0.4) is 0 Å². The Morgan fingerprint density at radius 1 is 1.65 bits per heavy atom. The SMILES string of the molecule is CCNc1cc(OC[C@@H]2CCN2C)cnc1Cl. The van der Waals surface area contributed by atoms with Gasteiger partial charge < -0.3 is 10.1 Å². The van der Waals surface area contributed by atoms with Gasteiger partial charge in [-0.3, -0.25) is 4.90 Å². The molecule has 0 aliphatic carbocycles. The number of likely N-dealkylation sites (tertiary alicyclic amines) is 1. The van der Waals surface area contributed by atoms with Crippen LogP contribution in [0.5, 0.6) is 5.75 Å². The van der Waals surface area contributed by atoms with E-state index in [1.165, 1.54) is 6.42 Å². The van der Waals surface area contributed by atoms with Crippen LogP contribution in [0, 0.1) is 0 Å². The molecule has 1 fully saturated rings. The van der Waals surface area contributed by atoms with E-state index < -0.39 is 0 Å². The van der Waals surface area contributed by atoms with E-state index in [0.717, 1.165) is 24.5 Å². The summed E-state index contributed by atoms with van der Waals surface area (Å²) in [6.45, 7) is 4.71. The van der Waals surface area contributed by atoms with E-state index in [9.17, 15) is 0 Å². The number of nitrogens with one attached hydrogen (secondary N) is 1. The zero-order valence-corrected chi connectivity index (χ0v) is 11.0. The molecule has 0 saturated carbocycles. The molecule has 17 heavy (non-hydrogen) atoms. The molecular weight excluding hydrogens is 238 g/mol. The van der Waals surface area contributed by atoms with Gasteiger partial charge in [-0.15, -0.1) is 0 Å². The highest BCUT2D eigenvalue weighted by molar-refractivity contribution is 6.32. The molecule has 0 unspecified atom stereocenters. The summed E-state index contributed by atoms with van der Waals surface area (Å²) >= 11 is 5.96. The van der Waals surface area contributed by atoms with E-state index in [-0.39, 0.29) is 0 Å². The Bertz CT molecular complexity index is 386. The van der Waals surface area contributed by atoms with Gasteiger partial charge in [-0.05, 0) is 26.9 Å². The Kier molecular flexibility index (Phi) is 4.07. The van der Waals surface area contributed by atoms with Crippen LogP contribution >= 0.6 is 11.6 Å². The zero-order valence-electron chi connectivity index (χ0n) is 10.2. The molecule has 0 spiro atoms. The Morgan fingerprint density at radius 2 is 2.47 bits per heavy atom. The van der Waals surface area contributed by atoms with Crippen LogP contribution in [0.15, 0.2) is 12.3 Å². The number of aromatic nitrogens is 1. The van der Waals surface area contributed by atoms with E-state index in [0.29, 0.717) is 17.8 Å². The molecule has 1 N–H and O–H groups in total. The maximum atomic E-state index is 5.96. The highest BCUT2D eigenvalue weighted by Gasteiger charge is 2.24. The first-order valence-electron chi connectivity index (χ1n) is 5.93. The van der Waals surface area contributed by atoms with Crippen LogP contribution in [0.4, 0.5) is 5.69 Å². The number of ether oxygens (including phenoxy) is 1. The molecule has 0 aromatic carbocycles. The molecule has 0 bridgehead atoms. The van der Waals surface area contributed by atoms with E-state index >= 15 is 0 Å². The Morgan fingerprint density at radius 3 is 3.06 bits per heavy atom. The van der Waals surface area contributed by atoms with Crippen molar-refractivity contribution in [2.24, 2.45) is 0 Å². The zero-order chi connectivity index (χ0) is 12.3. The molecule has 4 nitrogen and oxygen atoms in total. The van der Waals surface area contributed by atoms with Gasteiger partial charge in [0.1, 0.15) is 12.4 Å². The molecule has 1 aromatic rings. The third-order valence-electron chi connectivity index (χ3n) is 3.06. The maximum absolute atomic E-state index is 5.96. The smallest absolute Gasteiger partial charge is 0.152 e. The van der Waals surface area contributed by atoms with Gasteiger partial charge in [0, 0.05) is 18.7 Å². The van der Waals surface area contributed by atoms with Crippen molar-refractivity contribution in [3.8, 4) is 5.75 Å². The number of nitrogens with zero attached hydrogens (tertiary/aromatic N) is 2. The van der Waals surface area contributed by atoms with Crippen LogP contribution < -0.4 is 10.1 Å². The summed E-state index contributed by atoms with van der Waals surface area (Å²) in [4.78, 5) is 6.39. The number of anilines is 1. The number of pyridine rings is 1. The minimum atomic E-state index is 0.486. The highest BCUT2D eigenvalue weighted by atomic mass is 35.5. The van der Waals surface area contributed by atoms with Crippen molar-refractivity contribution < 1.29 is 4.74 Å².